The first-order chi connectivity index (χ1) is 11.1. The number of ether oxygens (including phenoxy) is 1. The molecule has 6 nitrogen and oxygen atoms in total. The highest BCUT2D eigenvalue weighted by Gasteiger charge is 2.24. The lowest BCUT2D eigenvalue weighted by atomic mass is 10.1. The van der Waals surface area contributed by atoms with Gasteiger partial charge in [0, 0.05) is 43.5 Å². The summed E-state index contributed by atoms with van der Waals surface area (Å²) >= 11 is 0. The van der Waals surface area contributed by atoms with Gasteiger partial charge in [-0.25, -0.2) is 0 Å². The molecule has 0 radical (unpaired) electrons. The Hall–Kier alpha value is -1.92. The molecule has 2 saturated heterocycles. The molecule has 2 atom stereocenters. The molecule has 2 N–H and O–H groups in total. The van der Waals surface area contributed by atoms with E-state index in [4.69, 9.17) is 4.74 Å². The second-order valence-corrected chi connectivity index (χ2v) is 6.18. The van der Waals surface area contributed by atoms with Gasteiger partial charge in [0.15, 0.2) is 0 Å². The van der Waals surface area contributed by atoms with Gasteiger partial charge in [-0.3, -0.25) is 9.59 Å². The molecule has 124 valence electrons. The number of benzene rings is 1. The third-order valence-electron chi connectivity index (χ3n) is 4.26. The summed E-state index contributed by atoms with van der Waals surface area (Å²) in [6.07, 6.45) is 1.30. The quantitative estimate of drug-likeness (QED) is 0.880. The van der Waals surface area contributed by atoms with Crippen LogP contribution in [0.4, 0.5) is 5.69 Å². The monoisotopic (exact) mass is 317 g/mol. The van der Waals surface area contributed by atoms with Gasteiger partial charge in [-0.05, 0) is 38.0 Å². The highest BCUT2D eigenvalue weighted by Crippen LogP contribution is 2.17. The highest BCUT2D eigenvalue weighted by molar-refractivity contribution is 5.98. The second kappa shape index (κ2) is 7.10. The zero-order valence-corrected chi connectivity index (χ0v) is 13.4. The maximum Gasteiger partial charge on any atom is 0.254 e. The minimum atomic E-state index is -0.372. The molecule has 2 aliphatic rings. The normalized spacial score (nSPS) is 24.5. The van der Waals surface area contributed by atoms with Crippen LogP contribution < -0.4 is 10.6 Å². The van der Waals surface area contributed by atoms with Crippen molar-refractivity contribution in [2.45, 2.75) is 31.9 Å². The Kier molecular flexibility index (Phi) is 4.93. The molecule has 0 bridgehead atoms. The maximum atomic E-state index is 12.6. The number of nitrogens with zero attached hydrogens (tertiary/aromatic N) is 1. The summed E-state index contributed by atoms with van der Waals surface area (Å²) in [5, 5.41) is 6.17. The first-order valence-electron chi connectivity index (χ1n) is 8.18. The van der Waals surface area contributed by atoms with Crippen molar-refractivity contribution in [2.24, 2.45) is 0 Å². The summed E-state index contributed by atoms with van der Waals surface area (Å²) in [6, 6.07) is 7.42. The number of carbonyl (C=O) groups excluding carboxylic acids is 2. The number of nitrogens with one attached hydrogen (secondary N) is 2. The largest absolute Gasteiger partial charge is 0.368 e. The zero-order valence-electron chi connectivity index (χ0n) is 13.4. The molecular weight excluding hydrogens is 294 g/mol. The van der Waals surface area contributed by atoms with Crippen molar-refractivity contribution < 1.29 is 14.3 Å². The first-order valence-corrected chi connectivity index (χ1v) is 8.18. The third-order valence-corrected chi connectivity index (χ3v) is 4.26. The van der Waals surface area contributed by atoms with Gasteiger partial charge >= 0.3 is 0 Å². The van der Waals surface area contributed by atoms with Crippen LogP contribution in [0.15, 0.2) is 24.3 Å². The van der Waals surface area contributed by atoms with E-state index in [2.05, 4.69) is 17.6 Å². The van der Waals surface area contributed by atoms with E-state index in [9.17, 15) is 9.59 Å². The molecule has 1 aromatic carbocycles. The Morgan fingerprint density at radius 3 is 3.00 bits per heavy atom. The van der Waals surface area contributed by atoms with Crippen LogP contribution in [0.1, 0.15) is 30.1 Å². The minimum absolute atomic E-state index is 0.00608. The van der Waals surface area contributed by atoms with E-state index in [1.807, 2.05) is 4.90 Å². The van der Waals surface area contributed by atoms with Crippen LogP contribution in [0.2, 0.25) is 0 Å². The highest BCUT2D eigenvalue weighted by atomic mass is 16.5. The van der Waals surface area contributed by atoms with Crippen molar-refractivity contribution in [1.29, 1.82) is 0 Å². The number of amides is 2. The van der Waals surface area contributed by atoms with Gasteiger partial charge in [-0.15, -0.1) is 0 Å². The van der Waals surface area contributed by atoms with E-state index < -0.39 is 0 Å². The summed E-state index contributed by atoms with van der Waals surface area (Å²) in [5.74, 6) is -0.130. The molecule has 6 heteroatoms. The molecule has 2 aliphatic heterocycles. The van der Waals surface area contributed by atoms with Crippen LogP contribution in [0.5, 0.6) is 0 Å². The molecule has 2 fully saturated rings. The molecule has 23 heavy (non-hydrogen) atoms. The molecule has 2 amide bonds. The fourth-order valence-corrected chi connectivity index (χ4v) is 3.04. The van der Waals surface area contributed by atoms with Gasteiger partial charge in [0.05, 0.1) is 0 Å². The average molecular weight is 317 g/mol. The Morgan fingerprint density at radius 2 is 2.26 bits per heavy atom. The van der Waals surface area contributed by atoms with Gasteiger partial charge in [0.1, 0.15) is 6.10 Å². The Labute approximate surface area is 136 Å². The number of hydrogen-bond acceptors (Lipinski definition) is 4. The van der Waals surface area contributed by atoms with Gasteiger partial charge in [0.25, 0.3) is 11.8 Å². The van der Waals surface area contributed by atoms with Crippen molar-refractivity contribution >= 4 is 17.5 Å². The van der Waals surface area contributed by atoms with Crippen molar-refractivity contribution in [3.63, 3.8) is 0 Å². The summed E-state index contributed by atoms with van der Waals surface area (Å²) in [4.78, 5) is 26.6. The van der Waals surface area contributed by atoms with Crippen molar-refractivity contribution in [3.05, 3.63) is 29.8 Å². The number of hydrogen-bond donors (Lipinski definition) is 2. The van der Waals surface area contributed by atoms with E-state index in [-0.39, 0.29) is 17.9 Å². The molecule has 3 rings (SSSR count). The number of piperazine rings is 1. The predicted molar refractivity (Wildman–Crippen MR) is 87.4 cm³/mol. The van der Waals surface area contributed by atoms with E-state index in [1.165, 1.54) is 0 Å². The SMILES string of the molecule is CC1CN(C(=O)c2cccc(NC(=O)C3CCCO3)c2)CCN1. The standard InChI is InChI=1S/C17H23N3O3/c1-12-11-20(8-7-18-12)17(22)13-4-2-5-14(10-13)19-16(21)15-6-3-9-23-15/h2,4-5,10,12,15,18H,3,6-9,11H2,1H3,(H,19,21). The van der Waals surface area contributed by atoms with Crippen LogP contribution in [0.25, 0.3) is 0 Å². The Bertz CT molecular complexity index is 584. The number of rotatable bonds is 3. The summed E-state index contributed by atoms with van der Waals surface area (Å²) in [6.45, 7) is 4.92. The van der Waals surface area contributed by atoms with Crippen molar-refractivity contribution in [1.82, 2.24) is 10.2 Å². The molecule has 0 aromatic heterocycles. The van der Waals surface area contributed by atoms with Gasteiger partial charge in [0.2, 0.25) is 0 Å². The lowest BCUT2D eigenvalue weighted by Gasteiger charge is -2.32. The van der Waals surface area contributed by atoms with Gasteiger partial charge < -0.3 is 20.3 Å². The van der Waals surface area contributed by atoms with Crippen LogP contribution in [0, 0.1) is 0 Å². The molecule has 0 aliphatic carbocycles. The summed E-state index contributed by atoms with van der Waals surface area (Å²) in [7, 11) is 0. The van der Waals surface area contributed by atoms with E-state index in [0.29, 0.717) is 37.0 Å². The van der Waals surface area contributed by atoms with Crippen molar-refractivity contribution in [2.75, 3.05) is 31.6 Å². The minimum Gasteiger partial charge on any atom is -0.368 e. The van der Waals surface area contributed by atoms with Gasteiger partial charge in [-0.2, -0.15) is 0 Å². The topological polar surface area (TPSA) is 70.7 Å². The molecule has 2 heterocycles. The molecule has 1 aromatic rings. The summed E-state index contributed by atoms with van der Waals surface area (Å²) < 4.78 is 5.38. The fourth-order valence-electron chi connectivity index (χ4n) is 3.04. The fraction of sp³-hybridized carbons (Fsp3) is 0.529. The molecule has 2 unspecified atom stereocenters. The van der Waals surface area contributed by atoms with Crippen LogP contribution in [-0.4, -0.2) is 55.1 Å². The van der Waals surface area contributed by atoms with E-state index >= 15 is 0 Å². The molecule has 0 spiro atoms. The first kappa shape index (κ1) is 16.0. The number of anilines is 1. The Balaban J connectivity index is 1.66. The Morgan fingerprint density at radius 1 is 1.39 bits per heavy atom. The lowest BCUT2D eigenvalue weighted by Crippen LogP contribution is -2.51. The second-order valence-electron chi connectivity index (χ2n) is 6.18. The van der Waals surface area contributed by atoms with Crippen LogP contribution in [0.3, 0.4) is 0 Å². The average Bonchev–Trinajstić information content (AvgIpc) is 3.09. The maximum absolute atomic E-state index is 12.6. The summed E-state index contributed by atoms with van der Waals surface area (Å²) in [5.41, 5.74) is 1.24. The number of carbonyl (C=O) groups is 2. The zero-order chi connectivity index (χ0) is 16.2. The van der Waals surface area contributed by atoms with E-state index in [0.717, 1.165) is 19.4 Å². The third kappa shape index (κ3) is 3.89. The van der Waals surface area contributed by atoms with Gasteiger partial charge in [-0.1, -0.05) is 6.07 Å². The van der Waals surface area contributed by atoms with Crippen LogP contribution in [-0.2, 0) is 9.53 Å². The molecular formula is C17H23N3O3. The van der Waals surface area contributed by atoms with Crippen LogP contribution >= 0.6 is 0 Å². The molecule has 0 saturated carbocycles. The van der Waals surface area contributed by atoms with Crippen molar-refractivity contribution in [3.8, 4) is 0 Å². The predicted octanol–water partition coefficient (Wildman–Crippen LogP) is 1.24. The lowest BCUT2D eigenvalue weighted by molar-refractivity contribution is -0.124. The smallest absolute Gasteiger partial charge is 0.254 e. The van der Waals surface area contributed by atoms with E-state index in [1.54, 1.807) is 24.3 Å².